The van der Waals surface area contributed by atoms with E-state index in [4.69, 9.17) is 11.6 Å². The Hall–Kier alpha value is -1.59. The van der Waals surface area contributed by atoms with Crippen LogP contribution in [0.3, 0.4) is 0 Å². The molecule has 1 aromatic rings. The third-order valence-corrected chi connectivity index (χ3v) is 3.75. The van der Waals surface area contributed by atoms with Crippen molar-refractivity contribution in [2.24, 2.45) is 4.99 Å². The molecule has 0 unspecified atom stereocenters. The van der Waals surface area contributed by atoms with E-state index in [0.717, 1.165) is 10.5 Å². The zero-order valence-electron chi connectivity index (χ0n) is 9.09. The van der Waals surface area contributed by atoms with Crippen molar-refractivity contribution in [2.45, 2.75) is 0 Å². The molecule has 0 saturated carbocycles. The predicted molar refractivity (Wildman–Crippen MR) is 71.2 cm³/mol. The fourth-order valence-electron chi connectivity index (χ4n) is 1.72. The number of benzene rings is 1. The molecule has 18 heavy (non-hydrogen) atoms. The van der Waals surface area contributed by atoms with Crippen molar-refractivity contribution in [3.8, 4) is 0 Å². The van der Waals surface area contributed by atoms with E-state index in [1.54, 1.807) is 30.3 Å². The Morgan fingerprint density at radius 2 is 2.00 bits per heavy atom. The van der Waals surface area contributed by atoms with Crippen molar-refractivity contribution in [1.82, 2.24) is 4.90 Å². The molecular formula is C12H7ClN2O2S. The normalized spacial score (nSPS) is 20.6. The number of rotatable bonds is 1. The van der Waals surface area contributed by atoms with E-state index in [2.05, 4.69) is 4.99 Å². The van der Waals surface area contributed by atoms with Crippen LogP contribution in [0.25, 0.3) is 6.08 Å². The number of hydrogen-bond donors (Lipinski definition) is 0. The van der Waals surface area contributed by atoms with Crippen LogP contribution < -0.4 is 0 Å². The summed E-state index contributed by atoms with van der Waals surface area (Å²) in [4.78, 5) is 28.7. The molecule has 0 aromatic heterocycles. The minimum Gasteiger partial charge on any atom is -0.273 e. The molecule has 90 valence electrons. The summed E-state index contributed by atoms with van der Waals surface area (Å²) in [6.45, 7) is 0. The summed E-state index contributed by atoms with van der Waals surface area (Å²) in [6.07, 6.45) is 1.65. The van der Waals surface area contributed by atoms with E-state index in [9.17, 15) is 9.59 Å². The first-order chi connectivity index (χ1) is 8.65. The van der Waals surface area contributed by atoms with Gasteiger partial charge in [-0.15, -0.1) is 0 Å². The molecule has 2 heterocycles. The lowest BCUT2D eigenvalue weighted by Gasteiger charge is -2.04. The Morgan fingerprint density at radius 3 is 2.67 bits per heavy atom. The first kappa shape index (κ1) is 11.5. The molecule has 6 heteroatoms. The third kappa shape index (κ3) is 1.85. The van der Waals surface area contributed by atoms with Gasteiger partial charge in [-0.1, -0.05) is 35.5 Å². The lowest BCUT2D eigenvalue weighted by molar-refractivity contribution is -0.134. The Kier molecular flexibility index (Phi) is 2.72. The SMILES string of the molecule is O=C1CSC2=N/C(=C/c3ccc(Cl)cc3)C(=O)N12. The van der Waals surface area contributed by atoms with Crippen molar-refractivity contribution in [3.63, 3.8) is 0 Å². The quantitative estimate of drug-likeness (QED) is 0.584. The first-order valence-corrected chi connectivity index (χ1v) is 6.57. The fraction of sp³-hybridized carbons (Fsp3) is 0.0833. The van der Waals surface area contributed by atoms with Crippen molar-refractivity contribution >= 4 is 46.4 Å². The molecule has 1 aromatic carbocycles. The molecule has 1 fully saturated rings. The summed E-state index contributed by atoms with van der Waals surface area (Å²) in [5.41, 5.74) is 1.11. The number of hydrogen-bond acceptors (Lipinski definition) is 4. The van der Waals surface area contributed by atoms with Crippen LogP contribution in [0.2, 0.25) is 5.02 Å². The molecule has 0 atom stereocenters. The molecular weight excluding hydrogens is 272 g/mol. The van der Waals surface area contributed by atoms with Crippen LogP contribution in [-0.2, 0) is 9.59 Å². The highest BCUT2D eigenvalue weighted by Crippen LogP contribution is 2.29. The molecule has 3 rings (SSSR count). The summed E-state index contributed by atoms with van der Waals surface area (Å²) >= 11 is 7.07. The Labute approximate surface area is 112 Å². The van der Waals surface area contributed by atoms with Gasteiger partial charge >= 0.3 is 0 Å². The zero-order chi connectivity index (χ0) is 12.7. The van der Waals surface area contributed by atoms with Gasteiger partial charge in [0.2, 0.25) is 5.91 Å². The van der Waals surface area contributed by atoms with Crippen molar-refractivity contribution in [3.05, 3.63) is 40.5 Å². The Balaban J connectivity index is 1.95. The summed E-state index contributed by atoms with van der Waals surface area (Å²) in [5.74, 6) is -0.267. The van der Waals surface area contributed by atoms with E-state index in [-0.39, 0.29) is 17.5 Å². The van der Waals surface area contributed by atoms with E-state index < -0.39 is 0 Å². The van der Waals surface area contributed by atoms with Gasteiger partial charge < -0.3 is 0 Å². The molecule has 1 saturated heterocycles. The molecule has 2 amide bonds. The monoisotopic (exact) mass is 278 g/mol. The van der Waals surface area contributed by atoms with Crippen LogP contribution >= 0.6 is 23.4 Å². The van der Waals surface area contributed by atoms with Crippen LogP contribution in [-0.4, -0.2) is 27.6 Å². The highest BCUT2D eigenvalue weighted by atomic mass is 35.5. The van der Waals surface area contributed by atoms with Gasteiger partial charge in [-0.25, -0.2) is 9.89 Å². The summed E-state index contributed by atoms with van der Waals surface area (Å²) in [6, 6.07) is 7.06. The molecule has 0 N–H and O–H groups in total. The molecule has 0 radical (unpaired) electrons. The fourth-order valence-corrected chi connectivity index (χ4v) is 2.71. The molecule has 0 aliphatic carbocycles. The number of amides is 2. The number of thioether (sulfide) groups is 1. The van der Waals surface area contributed by atoms with E-state index in [0.29, 0.717) is 15.9 Å². The zero-order valence-corrected chi connectivity index (χ0v) is 10.7. The summed E-state index contributed by atoms with van der Waals surface area (Å²) in [5, 5.41) is 1.11. The number of carbonyl (C=O) groups is 2. The topological polar surface area (TPSA) is 49.7 Å². The number of fused-ring (bicyclic) bond motifs is 1. The maximum Gasteiger partial charge on any atom is 0.285 e. The molecule has 0 spiro atoms. The van der Waals surface area contributed by atoms with Gasteiger partial charge in [0.05, 0.1) is 5.75 Å². The maximum atomic E-state index is 12.0. The van der Waals surface area contributed by atoms with Gasteiger partial charge in [-0.2, -0.15) is 0 Å². The number of halogens is 1. The van der Waals surface area contributed by atoms with Crippen LogP contribution in [0, 0.1) is 0 Å². The molecule has 4 nitrogen and oxygen atoms in total. The molecule has 0 bridgehead atoms. The van der Waals surface area contributed by atoms with Crippen molar-refractivity contribution < 1.29 is 9.59 Å². The Bertz CT molecular complexity index is 607. The minimum atomic E-state index is -0.352. The lowest BCUT2D eigenvalue weighted by atomic mass is 10.2. The van der Waals surface area contributed by atoms with Crippen molar-refractivity contribution in [1.29, 1.82) is 0 Å². The second-order valence-electron chi connectivity index (χ2n) is 3.80. The van der Waals surface area contributed by atoms with E-state index in [1.807, 2.05) is 0 Å². The van der Waals surface area contributed by atoms with Crippen LogP contribution in [0.1, 0.15) is 5.56 Å². The van der Waals surface area contributed by atoms with Gasteiger partial charge in [0.1, 0.15) is 5.70 Å². The highest BCUT2D eigenvalue weighted by molar-refractivity contribution is 8.15. The average Bonchev–Trinajstić information content (AvgIpc) is 2.85. The first-order valence-electron chi connectivity index (χ1n) is 5.21. The number of imide groups is 1. The Morgan fingerprint density at radius 1 is 1.28 bits per heavy atom. The standard InChI is InChI=1S/C12H7ClN2O2S/c13-8-3-1-7(2-4-8)5-9-11(17)15-10(16)6-18-12(15)14-9/h1-5H,6H2/b9-5+. The smallest absolute Gasteiger partial charge is 0.273 e. The van der Waals surface area contributed by atoms with Crippen LogP contribution in [0.4, 0.5) is 0 Å². The second kappa shape index (κ2) is 4.26. The van der Waals surface area contributed by atoms with Crippen LogP contribution in [0.5, 0.6) is 0 Å². The van der Waals surface area contributed by atoms with E-state index in [1.165, 1.54) is 11.8 Å². The predicted octanol–water partition coefficient (Wildman–Crippen LogP) is 2.15. The number of aliphatic imine (C=N–C) groups is 1. The van der Waals surface area contributed by atoms with Gasteiger partial charge in [-0.05, 0) is 23.8 Å². The van der Waals surface area contributed by atoms with E-state index >= 15 is 0 Å². The third-order valence-electron chi connectivity index (χ3n) is 2.58. The highest BCUT2D eigenvalue weighted by Gasteiger charge is 2.40. The largest absolute Gasteiger partial charge is 0.285 e. The van der Waals surface area contributed by atoms with Gasteiger partial charge in [0.25, 0.3) is 5.91 Å². The molecule has 2 aliphatic heterocycles. The van der Waals surface area contributed by atoms with Gasteiger partial charge in [-0.3, -0.25) is 9.59 Å². The average molecular weight is 279 g/mol. The molecule has 2 aliphatic rings. The summed E-state index contributed by atoms with van der Waals surface area (Å²) in [7, 11) is 0. The second-order valence-corrected chi connectivity index (χ2v) is 5.18. The summed E-state index contributed by atoms with van der Waals surface area (Å²) < 4.78 is 0. The minimum absolute atomic E-state index is 0.205. The van der Waals surface area contributed by atoms with Gasteiger partial charge in [0.15, 0.2) is 5.17 Å². The maximum absolute atomic E-state index is 12.0. The van der Waals surface area contributed by atoms with Crippen LogP contribution in [0.15, 0.2) is 35.0 Å². The lowest BCUT2D eigenvalue weighted by Crippen LogP contribution is -2.31. The van der Waals surface area contributed by atoms with Gasteiger partial charge in [0, 0.05) is 5.02 Å². The number of carbonyl (C=O) groups excluding carboxylic acids is 2. The van der Waals surface area contributed by atoms with Crippen molar-refractivity contribution in [2.75, 3.05) is 5.75 Å². The number of amidine groups is 1. The number of nitrogens with zero attached hydrogens (tertiary/aromatic N) is 2.